The van der Waals surface area contributed by atoms with Gasteiger partial charge in [-0.2, -0.15) is 0 Å². The largest absolute Gasteiger partial charge is 0.451 e. The first-order valence-corrected chi connectivity index (χ1v) is 7.49. The molecule has 94 valence electrons. The molecule has 0 N–H and O–H groups in total. The van der Waals surface area contributed by atoms with Crippen LogP contribution in [0.3, 0.4) is 0 Å². The molecule has 0 radical (unpaired) electrons. The van der Waals surface area contributed by atoms with E-state index >= 15 is 0 Å². The molecule has 0 aromatic heterocycles. The van der Waals surface area contributed by atoms with Gasteiger partial charge in [0.25, 0.3) is 0 Å². The van der Waals surface area contributed by atoms with E-state index in [9.17, 15) is 4.57 Å². The molecule has 1 unspecified atom stereocenters. The first-order chi connectivity index (χ1) is 8.07. The number of rotatable bonds is 7. The molecule has 1 atom stereocenters. The maximum atomic E-state index is 11.4. The lowest BCUT2D eigenvalue weighted by Gasteiger charge is -2.10. The third-order valence-corrected chi connectivity index (χ3v) is 3.04. The van der Waals surface area contributed by atoms with Crippen molar-refractivity contribution in [3.05, 3.63) is 42.0 Å². The van der Waals surface area contributed by atoms with Crippen molar-refractivity contribution in [1.82, 2.24) is 0 Å². The van der Waals surface area contributed by atoms with Gasteiger partial charge in [-0.1, -0.05) is 36.9 Å². The second kappa shape index (κ2) is 6.94. The van der Waals surface area contributed by atoms with Gasteiger partial charge < -0.3 is 0 Å². The van der Waals surface area contributed by atoms with Crippen molar-refractivity contribution in [1.29, 1.82) is 0 Å². The van der Waals surface area contributed by atoms with E-state index in [1.54, 1.807) is 13.0 Å². The summed E-state index contributed by atoms with van der Waals surface area (Å²) in [5.41, 5.74) is 1.82. The van der Waals surface area contributed by atoms with Crippen LogP contribution in [0, 0.1) is 0 Å². The third-order valence-electron chi connectivity index (χ3n) is 1.86. The van der Waals surface area contributed by atoms with Crippen LogP contribution in [0.2, 0.25) is 0 Å². The number of halogens is 1. The second-order valence-corrected chi connectivity index (χ2v) is 5.64. The van der Waals surface area contributed by atoms with Crippen LogP contribution >= 0.6 is 18.2 Å². The van der Waals surface area contributed by atoms with E-state index in [0.29, 0.717) is 0 Å². The van der Waals surface area contributed by atoms with Crippen molar-refractivity contribution in [2.75, 3.05) is 6.61 Å². The van der Waals surface area contributed by atoms with E-state index in [-0.39, 0.29) is 13.2 Å². The van der Waals surface area contributed by atoms with Crippen LogP contribution in [-0.2, 0) is 25.3 Å². The predicted molar refractivity (Wildman–Crippen MR) is 67.5 cm³/mol. The van der Waals surface area contributed by atoms with Gasteiger partial charge in [0.05, 0.1) is 13.2 Å². The first kappa shape index (κ1) is 14.4. The van der Waals surface area contributed by atoms with Crippen LogP contribution in [0.5, 0.6) is 0 Å². The Morgan fingerprint density at radius 3 is 2.59 bits per heavy atom. The van der Waals surface area contributed by atoms with E-state index in [1.165, 1.54) is 0 Å². The number of benzene rings is 1. The second-order valence-electron chi connectivity index (χ2n) is 3.13. The highest BCUT2D eigenvalue weighted by Crippen LogP contribution is 2.54. The van der Waals surface area contributed by atoms with Gasteiger partial charge >= 0.3 is 6.95 Å². The molecule has 0 fully saturated rings. The van der Waals surface area contributed by atoms with Crippen LogP contribution in [0.1, 0.15) is 18.1 Å². The molecule has 0 spiro atoms. The Morgan fingerprint density at radius 1 is 1.41 bits per heavy atom. The van der Waals surface area contributed by atoms with E-state index < -0.39 is 6.95 Å². The summed E-state index contributed by atoms with van der Waals surface area (Å²) in [5.74, 6) is 0. The molecule has 0 saturated heterocycles. The molecule has 0 amide bonds. The lowest BCUT2D eigenvalue weighted by molar-refractivity contribution is -0.207. The van der Waals surface area contributed by atoms with E-state index in [1.807, 2.05) is 24.3 Å². The summed E-state index contributed by atoms with van der Waals surface area (Å²) >= 11 is 5.49. The van der Waals surface area contributed by atoms with Gasteiger partial charge in [0.2, 0.25) is 0 Å². The lowest BCUT2D eigenvalue weighted by Crippen LogP contribution is -1.94. The van der Waals surface area contributed by atoms with Gasteiger partial charge in [0.1, 0.15) is 0 Å². The van der Waals surface area contributed by atoms with Crippen LogP contribution in [0.25, 0.3) is 6.08 Å². The lowest BCUT2D eigenvalue weighted by atomic mass is 10.1. The molecule has 17 heavy (non-hydrogen) atoms. The van der Waals surface area contributed by atoms with Crippen LogP contribution in [0.4, 0.5) is 0 Å². The molecule has 0 heterocycles. The minimum Gasteiger partial charge on any atom is -0.291 e. The highest BCUT2D eigenvalue weighted by Gasteiger charge is 2.22. The average Bonchev–Trinajstić information content (AvgIpc) is 2.35. The highest BCUT2D eigenvalue weighted by molar-refractivity contribution is 7.81. The normalized spacial score (nSPS) is 14.2. The van der Waals surface area contributed by atoms with Crippen LogP contribution in [-0.4, -0.2) is 6.61 Å². The Morgan fingerprint density at radius 2 is 2.06 bits per heavy atom. The van der Waals surface area contributed by atoms with Crippen LogP contribution < -0.4 is 0 Å². The van der Waals surface area contributed by atoms with Crippen molar-refractivity contribution >= 4 is 24.3 Å². The quantitative estimate of drug-likeness (QED) is 0.426. The maximum absolute atomic E-state index is 11.4. The van der Waals surface area contributed by atoms with E-state index in [2.05, 4.69) is 16.1 Å². The minimum atomic E-state index is -3.66. The predicted octanol–water partition coefficient (Wildman–Crippen LogP) is 4.16. The van der Waals surface area contributed by atoms with Gasteiger partial charge in [-0.05, 0) is 18.1 Å². The molecule has 6 heteroatoms. The molecule has 0 bridgehead atoms. The Kier molecular flexibility index (Phi) is 5.89. The molecular weight excluding hydrogens is 263 g/mol. The summed E-state index contributed by atoms with van der Waals surface area (Å²) in [4.78, 5) is 4.49. The standard InChI is InChI=1S/C11H14ClO4P/c1-3-10-5-7-11(8-6-10)9-15-17(12,13)16-14-4-2/h3,5-8H,1,4,9H2,2H3. The first-order valence-electron chi connectivity index (χ1n) is 5.04. The van der Waals surface area contributed by atoms with Crippen molar-refractivity contribution < 1.29 is 18.7 Å². The molecule has 4 nitrogen and oxygen atoms in total. The SMILES string of the molecule is C=Cc1ccc(COP(=O)(Cl)OOCC)cc1. The van der Waals surface area contributed by atoms with Gasteiger partial charge in [-0.3, -0.25) is 4.52 Å². The van der Waals surface area contributed by atoms with Crippen LogP contribution in [0.15, 0.2) is 30.8 Å². The maximum Gasteiger partial charge on any atom is 0.451 e. The van der Waals surface area contributed by atoms with Gasteiger partial charge in [-0.15, -0.1) is 4.67 Å². The molecule has 0 saturated carbocycles. The zero-order valence-electron chi connectivity index (χ0n) is 9.47. The Labute approximate surface area is 105 Å². The number of hydrogen-bond acceptors (Lipinski definition) is 4. The molecule has 0 aliphatic carbocycles. The Hall–Kier alpha value is -0.640. The van der Waals surface area contributed by atoms with Gasteiger partial charge in [-0.25, -0.2) is 9.45 Å². The van der Waals surface area contributed by atoms with E-state index in [0.717, 1.165) is 11.1 Å². The third kappa shape index (κ3) is 5.48. The average molecular weight is 277 g/mol. The monoisotopic (exact) mass is 276 g/mol. The van der Waals surface area contributed by atoms with Crippen molar-refractivity contribution in [2.45, 2.75) is 13.5 Å². The summed E-state index contributed by atoms with van der Waals surface area (Å²) in [6.45, 7) is 2.00. The Bertz CT molecular complexity index is 404. The molecule has 0 aliphatic heterocycles. The Balaban J connectivity index is 2.48. The summed E-state index contributed by atoms with van der Waals surface area (Å²) in [6.07, 6.45) is 1.73. The fourth-order valence-electron chi connectivity index (χ4n) is 1.04. The highest BCUT2D eigenvalue weighted by atomic mass is 35.7. The number of hydrogen-bond donors (Lipinski definition) is 0. The minimum absolute atomic E-state index is 0.0886. The van der Waals surface area contributed by atoms with Crippen molar-refractivity contribution in [2.24, 2.45) is 0 Å². The van der Waals surface area contributed by atoms with Crippen molar-refractivity contribution in [3.63, 3.8) is 0 Å². The summed E-state index contributed by atoms with van der Waals surface area (Å²) in [7, 11) is 0. The van der Waals surface area contributed by atoms with E-state index in [4.69, 9.17) is 15.8 Å². The summed E-state index contributed by atoms with van der Waals surface area (Å²) < 4.78 is 20.8. The summed E-state index contributed by atoms with van der Waals surface area (Å²) in [6, 6.07) is 7.39. The zero-order chi connectivity index (χ0) is 12.7. The summed E-state index contributed by atoms with van der Waals surface area (Å²) in [5, 5.41) is 0. The fourth-order valence-corrected chi connectivity index (χ4v) is 1.88. The zero-order valence-corrected chi connectivity index (χ0v) is 11.1. The van der Waals surface area contributed by atoms with Crippen molar-refractivity contribution in [3.8, 4) is 0 Å². The topological polar surface area (TPSA) is 44.8 Å². The molecule has 0 aliphatic rings. The smallest absolute Gasteiger partial charge is 0.291 e. The molecular formula is C11H14ClO4P. The molecule has 1 rings (SSSR count). The van der Waals surface area contributed by atoms with Gasteiger partial charge in [0, 0.05) is 11.2 Å². The van der Waals surface area contributed by atoms with Gasteiger partial charge in [0.15, 0.2) is 0 Å². The molecule has 1 aromatic rings. The fraction of sp³-hybridized carbons (Fsp3) is 0.273. The molecule has 1 aromatic carbocycles.